The number of benzene rings is 2. The lowest BCUT2D eigenvalue weighted by Gasteiger charge is -2.36. The molecular formula is C22H18ClN3O3. The Labute approximate surface area is 172 Å². The van der Waals surface area contributed by atoms with Crippen molar-refractivity contribution in [1.82, 2.24) is 4.90 Å². The summed E-state index contributed by atoms with van der Waals surface area (Å²) in [6.07, 6.45) is 1.69. The summed E-state index contributed by atoms with van der Waals surface area (Å²) >= 11 is 6.29. The molecule has 4 heterocycles. The second kappa shape index (κ2) is 5.68. The first-order chi connectivity index (χ1) is 14.0. The average molecular weight is 408 g/mol. The third-order valence-corrected chi connectivity index (χ3v) is 7.20. The van der Waals surface area contributed by atoms with Gasteiger partial charge in [0, 0.05) is 22.3 Å². The minimum Gasteiger partial charge on any atom is -0.324 e. The number of rotatable bonds is 1. The maximum Gasteiger partial charge on any atom is 0.250 e. The molecule has 6 nitrogen and oxygen atoms in total. The van der Waals surface area contributed by atoms with E-state index in [-0.39, 0.29) is 23.8 Å². The number of amides is 3. The van der Waals surface area contributed by atoms with Crippen molar-refractivity contribution in [2.45, 2.75) is 24.4 Å². The third-order valence-electron chi connectivity index (χ3n) is 6.97. The molecule has 0 radical (unpaired) electrons. The van der Waals surface area contributed by atoms with Gasteiger partial charge in [-0.2, -0.15) is 0 Å². The van der Waals surface area contributed by atoms with E-state index in [9.17, 15) is 14.4 Å². The van der Waals surface area contributed by atoms with Gasteiger partial charge in [0.15, 0.2) is 0 Å². The predicted octanol–water partition coefficient (Wildman–Crippen LogP) is 2.77. The zero-order valence-electron chi connectivity index (χ0n) is 15.5. The van der Waals surface area contributed by atoms with Crippen LogP contribution >= 0.6 is 11.6 Å². The first-order valence-corrected chi connectivity index (χ1v) is 10.2. The molecule has 3 fully saturated rings. The smallest absolute Gasteiger partial charge is 0.250 e. The van der Waals surface area contributed by atoms with E-state index in [2.05, 4.69) is 10.2 Å². The highest BCUT2D eigenvalue weighted by Crippen LogP contribution is 2.60. The number of carbonyl (C=O) groups excluding carboxylic acids is 3. The van der Waals surface area contributed by atoms with Crippen molar-refractivity contribution >= 4 is 40.7 Å². The SMILES string of the molecule is O=C1C2C3CCCN3C3(C(=O)Nc4ccc(Cl)cc43)C2C(=O)N1c1ccccc1. The molecule has 7 heteroatoms. The van der Waals surface area contributed by atoms with Crippen LogP contribution < -0.4 is 10.2 Å². The average Bonchev–Trinajstić information content (AvgIpc) is 3.41. The summed E-state index contributed by atoms with van der Waals surface area (Å²) in [6, 6.07) is 14.1. The van der Waals surface area contributed by atoms with Gasteiger partial charge in [-0.15, -0.1) is 0 Å². The standard InChI is InChI=1S/C22H18ClN3O3/c23-12-8-9-15-14(11-12)22(21(29)24-15)18-17(16-7-4-10-25(16)22)19(27)26(20(18)28)13-5-2-1-3-6-13/h1-3,5-6,8-9,11,16-18H,4,7,10H2,(H,24,29). The molecule has 4 unspecified atom stereocenters. The van der Waals surface area contributed by atoms with Crippen molar-refractivity contribution in [2.75, 3.05) is 16.8 Å². The summed E-state index contributed by atoms with van der Waals surface area (Å²) in [7, 11) is 0. The number of hydrogen-bond donors (Lipinski definition) is 1. The van der Waals surface area contributed by atoms with E-state index in [0.717, 1.165) is 12.8 Å². The van der Waals surface area contributed by atoms with Crippen molar-refractivity contribution in [3.63, 3.8) is 0 Å². The fourth-order valence-corrected chi connectivity index (χ4v) is 6.18. The van der Waals surface area contributed by atoms with Crippen LogP contribution in [-0.2, 0) is 19.9 Å². The van der Waals surface area contributed by atoms with Crippen LogP contribution in [0.5, 0.6) is 0 Å². The maximum atomic E-state index is 13.7. The fraction of sp³-hybridized carbons (Fsp3) is 0.318. The van der Waals surface area contributed by atoms with E-state index >= 15 is 0 Å². The van der Waals surface area contributed by atoms with Crippen LogP contribution in [0.25, 0.3) is 0 Å². The Morgan fingerprint density at radius 2 is 1.83 bits per heavy atom. The van der Waals surface area contributed by atoms with Gasteiger partial charge in [-0.25, -0.2) is 4.90 Å². The molecule has 1 N–H and O–H groups in total. The van der Waals surface area contributed by atoms with Gasteiger partial charge in [0.1, 0.15) is 5.54 Å². The number of nitrogens with one attached hydrogen (secondary N) is 1. The zero-order valence-corrected chi connectivity index (χ0v) is 16.2. The second-order valence-electron chi connectivity index (χ2n) is 8.16. The van der Waals surface area contributed by atoms with Crippen LogP contribution in [0.15, 0.2) is 48.5 Å². The molecule has 3 amide bonds. The Morgan fingerprint density at radius 1 is 1.03 bits per heavy atom. The van der Waals surface area contributed by atoms with Crippen molar-refractivity contribution in [3.05, 3.63) is 59.1 Å². The molecule has 0 saturated carbocycles. The summed E-state index contributed by atoms with van der Waals surface area (Å²) in [5, 5.41) is 3.46. The highest BCUT2D eigenvalue weighted by Gasteiger charge is 2.74. The topological polar surface area (TPSA) is 69.7 Å². The molecule has 146 valence electrons. The molecule has 29 heavy (non-hydrogen) atoms. The molecular weight excluding hydrogens is 390 g/mol. The van der Waals surface area contributed by atoms with Gasteiger partial charge >= 0.3 is 0 Å². The first kappa shape index (κ1) is 17.2. The molecule has 6 rings (SSSR count). The van der Waals surface area contributed by atoms with Crippen LogP contribution in [0, 0.1) is 11.8 Å². The number of para-hydroxylation sites is 1. The van der Waals surface area contributed by atoms with Gasteiger partial charge in [-0.1, -0.05) is 29.8 Å². The number of hydrogen-bond acceptors (Lipinski definition) is 4. The summed E-state index contributed by atoms with van der Waals surface area (Å²) in [5.74, 6) is -2.02. The zero-order chi connectivity index (χ0) is 19.9. The third kappa shape index (κ3) is 1.93. The summed E-state index contributed by atoms with van der Waals surface area (Å²) in [4.78, 5) is 44.0. The number of carbonyl (C=O) groups is 3. The molecule has 3 saturated heterocycles. The van der Waals surface area contributed by atoms with Gasteiger partial charge < -0.3 is 5.32 Å². The molecule has 0 aromatic heterocycles. The van der Waals surface area contributed by atoms with E-state index in [0.29, 0.717) is 28.5 Å². The Hall–Kier alpha value is -2.70. The van der Waals surface area contributed by atoms with Gasteiger partial charge in [-0.3, -0.25) is 19.3 Å². The normalized spacial score (nSPS) is 32.7. The minimum absolute atomic E-state index is 0.124. The lowest BCUT2D eigenvalue weighted by molar-refractivity contribution is -0.135. The fourth-order valence-electron chi connectivity index (χ4n) is 6.01. The Morgan fingerprint density at radius 3 is 2.62 bits per heavy atom. The Balaban J connectivity index is 1.58. The lowest BCUT2D eigenvalue weighted by Crippen LogP contribution is -2.54. The van der Waals surface area contributed by atoms with E-state index in [1.54, 1.807) is 42.5 Å². The van der Waals surface area contributed by atoms with E-state index in [4.69, 9.17) is 11.6 Å². The minimum atomic E-state index is -1.18. The number of imide groups is 1. The molecule has 2 aromatic rings. The molecule has 4 aliphatic heterocycles. The number of fused-ring (bicyclic) bond motifs is 7. The highest BCUT2D eigenvalue weighted by molar-refractivity contribution is 6.31. The van der Waals surface area contributed by atoms with Crippen molar-refractivity contribution in [3.8, 4) is 0 Å². The number of nitrogens with zero attached hydrogens (tertiary/aromatic N) is 2. The van der Waals surface area contributed by atoms with E-state index in [1.807, 2.05) is 6.07 Å². The van der Waals surface area contributed by atoms with Gasteiger partial charge in [0.25, 0.3) is 0 Å². The highest BCUT2D eigenvalue weighted by atomic mass is 35.5. The molecule has 1 spiro atoms. The quantitative estimate of drug-likeness (QED) is 0.738. The van der Waals surface area contributed by atoms with Crippen LogP contribution in [0.4, 0.5) is 11.4 Å². The number of halogens is 1. The summed E-state index contributed by atoms with van der Waals surface area (Å²) in [5.41, 5.74) is 0.762. The summed E-state index contributed by atoms with van der Waals surface area (Å²) < 4.78 is 0. The van der Waals surface area contributed by atoms with E-state index in [1.165, 1.54) is 4.90 Å². The van der Waals surface area contributed by atoms with Gasteiger partial charge in [0.2, 0.25) is 17.7 Å². The molecule has 0 aliphatic carbocycles. The van der Waals surface area contributed by atoms with Crippen LogP contribution in [-0.4, -0.2) is 35.2 Å². The van der Waals surface area contributed by atoms with Crippen molar-refractivity contribution < 1.29 is 14.4 Å². The van der Waals surface area contributed by atoms with E-state index < -0.39 is 17.4 Å². The van der Waals surface area contributed by atoms with Crippen LogP contribution in [0.1, 0.15) is 18.4 Å². The van der Waals surface area contributed by atoms with Gasteiger partial charge in [0.05, 0.1) is 17.5 Å². The first-order valence-electron chi connectivity index (χ1n) is 9.86. The number of anilines is 2. The maximum absolute atomic E-state index is 13.7. The molecule has 4 aliphatic rings. The second-order valence-corrected chi connectivity index (χ2v) is 8.60. The lowest BCUT2D eigenvalue weighted by atomic mass is 9.75. The van der Waals surface area contributed by atoms with Crippen molar-refractivity contribution in [1.29, 1.82) is 0 Å². The van der Waals surface area contributed by atoms with Crippen molar-refractivity contribution in [2.24, 2.45) is 11.8 Å². The Kier molecular flexibility index (Phi) is 3.36. The molecule has 2 aromatic carbocycles. The largest absolute Gasteiger partial charge is 0.324 e. The van der Waals surface area contributed by atoms with Gasteiger partial charge in [-0.05, 0) is 49.7 Å². The predicted molar refractivity (Wildman–Crippen MR) is 107 cm³/mol. The Bertz CT molecular complexity index is 1090. The molecule has 0 bridgehead atoms. The van der Waals surface area contributed by atoms with Crippen LogP contribution in [0.3, 0.4) is 0 Å². The monoisotopic (exact) mass is 407 g/mol. The van der Waals surface area contributed by atoms with Crippen LogP contribution in [0.2, 0.25) is 5.02 Å². The molecule has 4 atom stereocenters. The summed E-state index contributed by atoms with van der Waals surface area (Å²) in [6.45, 7) is 0.683.